The van der Waals surface area contributed by atoms with Gasteiger partial charge in [0.05, 0.1) is 27.4 Å². The van der Waals surface area contributed by atoms with Gasteiger partial charge in [-0.25, -0.2) is 0 Å². The van der Waals surface area contributed by atoms with Gasteiger partial charge < -0.3 is 19.9 Å². The van der Waals surface area contributed by atoms with E-state index in [4.69, 9.17) is 19.9 Å². The molecule has 0 aliphatic carbocycles. The second-order valence-electron chi connectivity index (χ2n) is 3.98. The second-order valence-corrected chi connectivity index (χ2v) is 4.76. The minimum atomic E-state index is -0.249. The van der Waals surface area contributed by atoms with E-state index < -0.39 is 0 Å². The van der Waals surface area contributed by atoms with Crippen LogP contribution in [0.2, 0.25) is 0 Å². The quantitative estimate of drug-likeness (QED) is 0.914. The molecule has 1 heterocycles. The fourth-order valence-electron chi connectivity index (χ4n) is 1.93. The molecule has 0 aliphatic heterocycles. The van der Waals surface area contributed by atoms with Gasteiger partial charge in [-0.1, -0.05) is 0 Å². The van der Waals surface area contributed by atoms with Gasteiger partial charge >= 0.3 is 0 Å². The standard InChI is InChI=1S/C14H17NO3S/c1-16-11-7-13(18-3)12(17-2)6-10(11)14(15)9-4-5-19-8-9/h4-8,14H,15H2,1-3H3/t14-/m1/s1. The van der Waals surface area contributed by atoms with E-state index in [1.165, 1.54) is 0 Å². The highest BCUT2D eigenvalue weighted by Gasteiger charge is 2.18. The summed E-state index contributed by atoms with van der Waals surface area (Å²) in [4.78, 5) is 0. The Bertz CT molecular complexity index is 540. The lowest BCUT2D eigenvalue weighted by atomic mass is 10.0. The van der Waals surface area contributed by atoms with Crippen LogP contribution in [0.5, 0.6) is 17.2 Å². The first-order valence-corrected chi connectivity index (χ1v) is 6.73. The molecule has 0 fully saturated rings. The third-order valence-electron chi connectivity index (χ3n) is 2.97. The minimum Gasteiger partial charge on any atom is -0.496 e. The van der Waals surface area contributed by atoms with Crippen LogP contribution in [-0.4, -0.2) is 21.3 Å². The molecule has 1 aromatic carbocycles. The van der Waals surface area contributed by atoms with E-state index in [1.807, 2.05) is 22.9 Å². The van der Waals surface area contributed by atoms with Gasteiger partial charge in [0.1, 0.15) is 5.75 Å². The number of rotatable bonds is 5. The largest absolute Gasteiger partial charge is 0.496 e. The SMILES string of the molecule is COc1cc(OC)c([C@H](N)c2ccsc2)cc1OC. The number of ether oxygens (including phenoxy) is 3. The molecule has 2 aromatic rings. The van der Waals surface area contributed by atoms with Crippen LogP contribution < -0.4 is 19.9 Å². The topological polar surface area (TPSA) is 53.7 Å². The number of hydrogen-bond donors (Lipinski definition) is 1. The van der Waals surface area contributed by atoms with Crippen LogP contribution in [0.3, 0.4) is 0 Å². The molecule has 0 radical (unpaired) electrons. The van der Waals surface area contributed by atoms with Crippen molar-refractivity contribution in [1.82, 2.24) is 0 Å². The maximum absolute atomic E-state index is 6.28. The predicted octanol–water partition coefficient (Wildman–Crippen LogP) is 2.82. The van der Waals surface area contributed by atoms with Crippen LogP contribution in [0, 0.1) is 0 Å². The molecule has 0 amide bonds. The lowest BCUT2D eigenvalue weighted by Crippen LogP contribution is -2.12. The van der Waals surface area contributed by atoms with Crippen molar-refractivity contribution in [3.05, 3.63) is 40.1 Å². The molecule has 19 heavy (non-hydrogen) atoms. The summed E-state index contributed by atoms with van der Waals surface area (Å²) in [6.07, 6.45) is 0. The number of methoxy groups -OCH3 is 3. The van der Waals surface area contributed by atoms with Crippen LogP contribution in [0.25, 0.3) is 0 Å². The van der Waals surface area contributed by atoms with Crippen molar-refractivity contribution in [2.24, 2.45) is 5.73 Å². The minimum absolute atomic E-state index is 0.249. The molecule has 0 spiro atoms. The smallest absolute Gasteiger partial charge is 0.164 e. The maximum atomic E-state index is 6.28. The van der Waals surface area contributed by atoms with Gasteiger partial charge in [-0.05, 0) is 28.5 Å². The molecular weight excluding hydrogens is 262 g/mol. The summed E-state index contributed by atoms with van der Waals surface area (Å²) in [5.74, 6) is 1.96. The molecule has 1 aromatic heterocycles. The second kappa shape index (κ2) is 5.95. The fourth-order valence-corrected chi connectivity index (χ4v) is 2.62. The summed E-state index contributed by atoms with van der Waals surface area (Å²) in [6, 6.07) is 5.41. The summed E-state index contributed by atoms with van der Waals surface area (Å²) in [6.45, 7) is 0. The predicted molar refractivity (Wildman–Crippen MR) is 76.4 cm³/mol. The van der Waals surface area contributed by atoms with Gasteiger partial charge in [-0.2, -0.15) is 11.3 Å². The van der Waals surface area contributed by atoms with Crippen molar-refractivity contribution in [1.29, 1.82) is 0 Å². The van der Waals surface area contributed by atoms with Crippen LogP contribution in [0.15, 0.2) is 29.0 Å². The first-order valence-electron chi connectivity index (χ1n) is 5.78. The van der Waals surface area contributed by atoms with E-state index in [2.05, 4.69) is 0 Å². The Morgan fingerprint density at radius 1 is 1.00 bits per heavy atom. The molecule has 0 bridgehead atoms. The molecule has 5 heteroatoms. The third-order valence-corrected chi connectivity index (χ3v) is 3.67. The molecule has 2 rings (SSSR count). The fraction of sp³-hybridized carbons (Fsp3) is 0.286. The monoisotopic (exact) mass is 279 g/mol. The van der Waals surface area contributed by atoms with Crippen LogP contribution in [-0.2, 0) is 0 Å². The molecule has 1 atom stereocenters. The Morgan fingerprint density at radius 3 is 2.16 bits per heavy atom. The lowest BCUT2D eigenvalue weighted by Gasteiger charge is -2.18. The lowest BCUT2D eigenvalue weighted by molar-refractivity contribution is 0.347. The van der Waals surface area contributed by atoms with Crippen molar-refractivity contribution in [3.63, 3.8) is 0 Å². The number of benzene rings is 1. The van der Waals surface area contributed by atoms with E-state index >= 15 is 0 Å². The summed E-state index contributed by atoms with van der Waals surface area (Å²) in [5, 5.41) is 4.03. The molecule has 0 unspecified atom stereocenters. The summed E-state index contributed by atoms with van der Waals surface area (Å²) in [5.41, 5.74) is 8.21. The molecular formula is C14H17NO3S. The van der Waals surface area contributed by atoms with Crippen molar-refractivity contribution in [2.45, 2.75) is 6.04 Å². The van der Waals surface area contributed by atoms with Crippen molar-refractivity contribution in [3.8, 4) is 17.2 Å². The van der Waals surface area contributed by atoms with Crippen molar-refractivity contribution in [2.75, 3.05) is 21.3 Å². The maximum Gasteiger partial charge on any atom is 0.164 e. The van der Waals surface area contributed by atoms with Crippen LogP contribution >= 0.6 is 11.3 Å². The Kier molecular flexibility index (Phi) is 4.29. The van der Waals surface area contributed by atoms with E-state index in [1.54, 1.807) is 38.7 Å². The number of nitrogens with two attached hydrogens (primary N) is 1. The Hall–Kier alpha value is -1.72. The highest BCUT2D eigenvalue weighted by atomic mass is 32.1. The van der Waals surface area contributed by atoms with Gasteiger partial charge in [0, 0.05) is 11.6 Å². The zero-order valence-electron chi connectivity index (χ0n) is 11.2. The van der Waals surface area contributed by atoms with E-state index in [-0.39, 0.29) is 6.04 Å². The zero-order chi connectivity index (χ0) is 13.8. The van der Waals surface area contributed by atoms with Crippen LogP contribution in [0.4, 0.5) is 0 Å². The van der Waals surface area contributed by atoms with Gasteiger partial charge in [0.2, 0.25) is 0 Å². The van der Waals surface area contributed by atoms with E-state index in [0.29, 0.717) is 17.2 Å². The first kappa shape index (κ1) is 13.7. The van der Waals surface area contributed by atoms with E-state index in [9.17, 15) is 0 Å². The Labute approximate surface area is 116 Å². The van der Waals surface area contributed by atoms with Gasteiger partial charge in [-0.15, -0.1) is 0 Å². The van der Waals surface area contributed by atoms with Gasteiger partial charge in [-0.3, -0.25) is 0 Å². The zero-order valence-corrected chi connectivity index (χ0v) is 12.0. The average Bonchev–Trinajstić information content (AvgIpc) is 2.99. The summed E-state index contributed by atoms with van der Waals surface area (Å²) in [7, 11) is 4.81. The Morgan fingerprint density at radius 2 is 1.63 bits per heavy atom. The highest BCUT2D eigenvalue weighted by Crippen LogP contribution is 2.38. The van der Waals surface area contributed by atoms with Crippen molar-refractivity contribution >= 4 is 11.3 Å². The summed E-state index contributed by atoms with van der Waals surface area (Å²) < 4.78 is 16.0. The molecule has 0 saturated heterocycles. The molecule has 0 aliphatic rings. The van der Waals surface area contributed by atoms with Gasteiger partial charge in [0.15, 0.2) is 11.5 Å². The highest BCUT2D eigenvalue weighted by molar-refractivity contribution is 7.08. The van der Waals surface area contributed by atoms with E-state index in [0.717, 1.165) is 11.1 Å². The Balaban J connectivity index is 2.49. The molecule has 2 N–H and O–H groups in total. The first-order chi connectivity index (χ1) is 9.21. The molecule has 102 valence electrons. The normalized spacial score (nSPS) is 12.0. The summed E-state index contributed by atoms with van der Waals surface area (Å²) >= 11 is 1.62. The molecule has 4 nitrogen and oxygen atoms in total. The third kappa shape index (κ3) is 2.67. The molecule has 0 saturated carbocycles. The van der Waals surface area contributed by atoms with Crippen LogP contribution in [0.1, 0.15) is 17.2 Å². The average molecular weight is 279 g/mol. The number of hydrogen-bond acceptors (Lipinski definition) is 5. The van der Waals surface area contributed by atoms with Gasteiger partial charge in [0.25, 0.3) is 0 Å². The number of thiophene rings is 1. The van der Waals surface area contributed by atoms with Crippen molar-refractivity contribution < 1.29 is 14.2 Å².